The van der Waals surface area contributed by atoms with Crippen molar-refractivity contribution in [3.05, 3.63) is 0 Å². The molecule has 0 aromatic heterocycles. The summed E-state index contributed by atoms with van der Waals surface area (Å²) in [4.78, 5) is 2.52. The van der Waals surface area contributed by atoms with Crippen molar-refractivity contribution in [3.8, 4) is 0 Å². The fourth-order valence-corrected chi connectivity index (χ4v) is 3.68. The minimum Gasteiger partial charge on any atom is -0.313 e. The number of hydrogen-bond donors (Lipinski definition) is 1. The molecule has 82 valence electrons. The zero-order chi connectivity index (χ0) is 9.80. The summed E-state index contributed by atoms with van der Waals surface area (Å²) in [5.74, 6) is 2.70. The Morgan fingerprint density at radius 1 is 1.43 bits per heavy atom. The SMILES string of the molecule is CN1CCC[C@@H]1CCN[C@@H]1CCSC1. The van der Waals surface area contributed by atoms with Crippen molar-refractivity contribution < 1.29 is 0 Å². The molecule has 0 amide bonds. The van der Waals surface area contributed by atoms with Crippen molar-refractivity contribution in [2.24, 2.45) is 0 Å². The third kappa shape index (κ3) is 2.88. The molecule has 2 rings (SSSR count). The molecule has 0 aliphatic carbocycles. The Balaban J connectivity index is 1.57. The van der Waals surface area contributed by atoms with E-state index in [1.807, 2.05) is 0 Å². The molecule has 2 heterocycles. The average Bonchev–Trinajstić information content (AvgIpc) is 2.78. The van der Waals surface area contributed by atoms with Gasteiger partial charge >= 0.3 is 0 Å². The summed E-state index contributed by atoms with van der Waals surface area (Å²) < 4.78 is 0. The molecule has 2 aliphatic heterocycles. The fourth-order valence-electron chi connectivity index (χ4n) is 2.49. The summed E-state index contributed by atoms with van der Waals surface area (Å²) in [6.07, 6.45) is 5.54. The number of thioether (sulfide) groups is 1. The first-order valence-corrected chi connectivity index (χ1v) is 7.03. The molecule has 0 aromatic rings. The van der Waals surface area contributed by atoms with Gasteiger partial charge in [0.05, 0.1) is 0 Å². The van der Waals surface area contributed by atoms with E-state index < -0.39 is 0 Å². The van der Waals surface area contributed by atoms with Gasteiger partial charge in [-0.3, -0.25) is 0 Å². The van der Waals surface area contributed by atoms with Crippen LogP contribution in [0.5, 0.6) is 0 Å². The van der Waals surface area contributed by atoms with Crippen LogP contribution in [0.25, 0.3) is 0 Å². The highest BCUT2D eigenvalue weighted by molar-refractivity contribution is 7.99. The Morgan fingerprint density at radius 3 is 3.00 bits per heavy atom. The van der Waals surface area contributed by atoms with Gasteiger partial charge in [-0.25, -0.2) is 0 Å². The summed E-state index contributed by atoms with van der Waals surface area (Å²) in [6.45, 7) is 2.53. The highest BCUT2D eigenvalue weighted by Crippen LogP contribution is 2.19. The van der Waals surface area contributed by atoms with Gasteiger partial charge in [0.1, 0.15) is 0 Å². The summed E-state index contributed by atoms with van der Waals surface area (Å²) in [5, 5.41) is 3.68. The molecule has 2 atom stereocenters. The highest BCUT2D eigenvalue weighted by Gasteiger charge is 2.21. The molecule has 3 heteroatoms. The first-order valence-electron chi connectivity index (χ1n) is 5.87. The predicted molar refractivity (Wildman–Crippen MR) is 64.0 cm³/mol. The lowest BCUT2D eigenvalue weighted by molar-refractivity contribution is 0.291. The largest absolute Gasteiger partial charge is 0.313 e. The number of likely N-dealkylation sites (tertiary alicyclic amines) is 1. The van der Waals surface area contributed by atoms with E-state index in [1.165, 1.54) is 50.3 Å². The zero-order valence-corrected chi connectivity index (χ0v) is 9.98. The second-order valence-electron chi connectivity index (χ2n) is 4.58. The van der Waals surface area contributed by atoms with Crippen LogP contribution in [0.1, 0.15) is 25.7 Å². The van der Waals surface area contributed by atoms with Crippen LogP contribution >= 0.6 is 11.8 Å². The Hall–Kier alpha value is 0.270. The molecular formula is C11H22N2S. The Labute approximate surface area is 91.8 Å². The van der Waals surface area contributed by atoms with Crippen molar-refractivity contribution in [2.45, 2.75) is 37.8 Å². The third-order valence-electron chi connectivity index (χ3n) is 3.51. The molecule has 0 saturated carbocycles. The Bertz CT molecular complexity index is 169. The molecule has 0 unspecified atom stereocenters. The first kappa shape index (κ1) is 10.8. The van der Waals surface area contributed by atoms with Gasteiger partial charge in [-0.2, -0.15) is 11.8 Å². The third-order valence-corrected chi connectivity index (χ3v) is 4.67. The molecule has 14 heavy (non-hydrogen) atoms. The monoisotopic (exact) mass is 214 g/mol. The zero-order valence-electron chi connectivity index (χ0n) is 9.17. The van der Waals surface area contributed by atoms with Crippen molar-refractivity contribution in [2.75, 3.05) is 31.6 Å². The van der Waals surface area contributed by atoms with Crippen LogP contribution in [-0.4, -0.2) is 48.6 Å². The second-order valence-corrected chi connectivity index (χ2v) is 5.73. The summed E-state index contributed by atoms with van der Waals surface area (Å²) in [6, 6.07) is 1.67. The minimum atomic E-state index is 0.812. The van der Waals surface area contributed by atoms with Gasteiger partial charge in [-0.1, -0.05) is 0 Å². The maximum absolute atomic E-state index is 3.68. The topological polar surface area (TPSA) is 15.3 Å². The summed E-state index contributed by atoms with van der Waals surface area (Å²) in [5.41, 5.74) is 0. The van der Waals surface area contributed by atoms with E-state index in [-0.39, 0.29) is 0 Å². The molecule has 0 spiro atoms. The lowest BCUT2D eigenvalue weighted by Crippen LogP contribution is -2.34. The van der Waals surface area contributed by atoms with Gasteiger partial charge < -0.3 is 10.2 Å². The number of nitrogens with zero attached hydrogens (tertiary/aromatic N) is 1. The first-order chi connectivity index (χ1) is 6.86. The van der Waals surface area contributed by atoms with Crippen LogP contribution in [0.3, 0.4) is 0 Å². The molecule has 0 aromatic carbocycles. The fraction of sp³-hybridized carbons (Fsp3) is 1.00. The van der Waals surface area contributed by atoms with Crippen molar-refractivity contribution in [3.63, 3.8) is 0 Å². The lowest BCUT2D eigenvalue weighted by atomic mass is 10.1. The summed E-state index contributed by atoms with van der Waals surface area (Å²) >= 11 is 2.09. The van der Waals surface area contributed by atoms with Gasteiger partial charge in [-0.15, -0.1) is 0 Å². The van der Waals surface area contributed by atoms with Gasteiger partial charge in [0, 0.05) is 17.8 Å². The average molecular weight is 214 g/mol. The number of rotatable bonds is 4. The van der Waals surface area contributed by atoms with E-state index in [1.54, 1.807) is 0 Å². The molecule has 1 N–H and O–H groups in total. The highest BCUT2D eigenvalue weighted by atomic mass is 32.2. The van der Waals surface area contributed by atoms with Crippen LogP contribution in [0.15, 0.2) is 0 Å². The molecule has 2 nitrogen and oxygen atoms in total. The van der Waals surface area contributed by atoms with E-state index in [4.69, 9.17) is 0 Å². The van der Waals surface area contributed by atoms with E-state index >= 15 is 0 Å². The maximum atomic E-state index is 3.68. The second kappa shape index (κ2) is 5.38. The van der Waals surface area contributed by atoms with Crippen LogP contribution in [0.2, 0.25) is 0 Å². The predicted octanol–water partition coefficient (Wildman–Crippen LogP) is 1.57. The van der Waals surface area contributed by atoms with Gasteiger partial charge in [0.15, 0.2) is 0 Å². The quantitative estimate of drug-likeness (QED) is 0.765. The maximum Gasteiger partial charge on any atom is 0.0166 e. The number of hydrogen-bond acceptors (Lipinski definition) is 3. The van der Waals surface area contributed by atoms with Crippen LogP contribution in [-0.2, 0) is 0 Å². The van der Waals surface area contributed by atoms with Crippen LogP contribution < -0.4 is 5.32 Å². The molecular weight excluding hydrogens is 192 g/mol. The lowest BCUT2D eigenvalue weighted by Gasteiger charge is -2.20. The van der Waals surface area contributed by atoms with E-state index in [0.29, 0.717) is 0 Å². The van der Waals surface area contributed by atoms with Crippen molar-refractivity contribution >= 4 is 11.8 Å². The molecule has 0 radical (unpaired) electrons. The molecule has 2 saturated heterocycles. The summed E-state index contributed by atoms with van der Waals surface area (Å²) in [7, 11) is 2.27. The molecule has 2 aliphatic rings. The van der Waals surface area contributed by atoms with Crippen molar-refractivity contribution in [1.29, 1.82) is 0 Å². The van der Waals surface area contributed by atoms with E-state index in [2.05, 4.69) is 29.0 Å². The van der Waals surface area contributed by atoms with Gasteiger partial charge in [-0.05, 0) is 51.6 Å². The van der Waals surface area contributed by atoms with Gasteiger partial charge in [0.2, 0.25) is 0 Å². The normalized spacial score (nSPS) is 34.1. The van der Waals surface area contributed by atoms with E-state index in [9.17, 15) is 0 Å². The number of nitrogens with one attached hydrogen (secondary N) is 1. The standard InChI is InChI=1S/C11H22N2S/c1-13-7-2-3-11(13)4-6-12-10-5-8-14-9-10/h10-12H,2-9H2,1H3/t10-,11-/m1/s1. The Morgan fingerprint density at radius 2 is 2.36 bits per heavy atom. The minimum absolute atomic E-state index is 0.812. The Kier molecular flexibility index (Phi) is 4.14. The molecule has 2 fully saturated rings. The van der Waals surface area contributed by atoms with E-state index in [0.717, 1.165) is 12.1 Å². The van der Waals surface area contributed by atoms with Gasteiger partial charge in [0.25, 0.3) is 0 Å². The van der Waals surface area contributed by atoms with Crippen LogP contribution in [0, 0.1) is 0 Å². The van der Waals surface area contributed by atoms with Crippen LogP contribution in [0.4, 0.5) is 0 Å². The smallest absolute Gasteiger partial charge is 0.0166 e. The van der Waals surface area contributed by atoms with Crippen molar-refractivity contribution in [1.82, 2.24) is 10.2 Å². The molecule has 0 bridgehead atoms.